The number of pyridine rings is 1. The predicted molar refractivity (Wildman–Crippen MR) is 104 cm³/mol. The lowest BCUT2D eigenvalue weighted by Crippen LogP contribution is -2.17. The van der Waals surface area contributed by atoms with E-state index in [1.54, 1.807) is 55.6 Å². The first-order valence-corrected chi connectivity index (χ1v) is 8.32. The van der Waals surface area contributed by atoms with Crippen LogP contribution in [0.3, 0.4) is 0 Å². The highest BCUT2D eigenvalue weighted by molar-refractivity contribution is 6.07. The lowest BCUT2D eigenvalue weighted by molar-refractivity contribution is 0.102. The van der Waals surface area contributed by atoms with Gasteiger partial charge >= 0.3 is 0 Å². The van der Waals surface area contributed by atoms with Crippen molar-refractivity contribution in [3.05, 3.63) is 83.7 Å². The fraction of sp³-hybridized carbons (Fsp3) is 0.0476. The molecule has 0 spiro atoms. The molecule has 0 aliphatic carbocycles. The molecule has 0 unspecified atom stereocenters. The number of carbonyl (C=O) groups excluding carboxylic acids is 2. The molecule has 2 aromatic carbocycles. The third kappa shape index (κ3) is 4.51. The highest BCUT2D eigenvalue weighted by atomic mass is 16.5. The maximum atomic E-state index is 12.4. The van der Waals surface area contributed by atoms with Crippen LogP contribution in [-0.4, -0.2) is 23.9 Å². The second kappa shape index (κ2) is 8.47. The third-order valence-corrected chi connectivity index (χ3v) is 3.87. The molecule has 3 rings (SSSR count). The summed E-state index contributed by atoms with van der Waals surface area (Å²) < 4.78 is 5.08. The minimum atomic E-state index is -0.432. The van der Waals surface area contributed by atoms with E-state index in [9.17, 15) is 9.59 Å². The zero-order valence-electron chi connectivity index (χ0n) is 15.0. The molecule has 3 aromatic rings. The molecule has 7 nitrogen and oxygen atoms in total. The van der Waals surface area contributed by atoms with Crippen molar-refractivity contribution in [1.82, 2.24) is 4.98 Å². The van der Waals surface area contributed by atoms with Crippen LogP contribution in [0.15, 0.2) is 66.9 Å². The van der Waals surface area contributed by atoms with Gasteiger partial charge in [-0.05, 0) is 60.7 Å². The number of hydrogen-bond acceptors (Lipinski definition) is 5. The van der Waals surface area contributed by atoms with E-state index in [0.29, 0.717) is 28.3 Å². The molecular weight excluding hydrogens is 356 g/mol. The SMILES string of the molecule is COc1ccc(NC(=O)c2cc(C(=O)Nc3ccc(C#N)cc3)ccn2)cc1. The summed E-state index contributed by atoms with van der Waals surface area (Å²) in [7, 11) is 1.56. The molecule has 0 aliphatic rings. The molecule has 28 heavy (non-hydrogen) atoms. The summed E-state index contributed by atoms with van der Waals surface area (Å²) in [5, 5.41) is 14.2. The van der Waals surface area contributed by atoms with E-state index >= 15 is 0 Å². The van der Waals surface area contributed by atoms with Gasteiger partial charge in [0.25, 0.3) is 11.8 Å². The number of rotatable bonds is 5. The Morgan fingerprint density at radius 2 is 1.54 bits per heavy atom. The van der Waals surface area contributed by atoms with Crippen LogP contribution in [0.4, 0.5) is 11.4 Å². The zero-order valence-corrected chi connectivity index (χ0v) is 15.0. The molecule has 1 heterocycles. The number of nitriles is 1. The number of methoxy groups -OCH3 is 1. The number of benzene rings is 2. The average Bonchev–Trinajstić information content (AvgIpc) is 2.75. The van der Waals surface area contributed by atoms with Crippen LogP contribution < -0.4 is 15.4 Å². The Hall–Kier alpha value is -4.18. The van der Waals surface area contributed by atoms with Crippen molar-refractivity contribution in [3.63, 3.8) is 0 Å². The second-order valence-electron chi connectivity index (χ2n) is 5.76. The van der Waals surface area contributed by atoms with Crippen LogP contribution in [0.2, 0.25) is 0 Å². The summed E-state index contributed by atoms with van der Waals surface area (Å²) in [6.07, 6.45) is 1.40. The number of anilines is 2. The summed E-state index contributed by atoms with van der Waals surface area (Å²) in [6, 6.07) is 18.3. The molecule has 0 aliphatic heterocycles. The monoisotopic (exact) mass is 372 g/mol. The Morgan fingerprint density at radius 1 is 0.929 bits per heavy atom. The molecule has 0 saturated heterocycles. The highest BCUT2D eigenvalue weighted by Crippen LogP contribution is 2.16. The van der Waals surface area contributed by atoms with E-state index in [2.05, 4.69) is 15.6 Å². The number of amides is 2. The van der Waals surface area contributed by atoms with Crippen LogP contribution in [-0.2, 0) is 0 Å². The van der Waals surface area contributed by atoms with Crippen molar-refractivity contribution < 1.29 is 14.3 Å². The first kappa shape index (κ1) is 18.6. The summed E-state index contributed by atoms with van der Waals surface area (Å²) in [6.45, 7) is 0. The number of hydrogen-bond donors (Lipinski definition) is 2. The minimum absolute atomic E-state index is 0.114. The average molecular weight is 372 g/mol. The van der Waals surface area contributed by atoms with Gasteiger partial charge in [-0.15, -0.1) is 0 Å². The maximum absolute atomic E-state index is 12.4. The van der Waals surface area contributed by atoms with E-state index < -0.39 is 5.91 Å². The number of ether oxygens (including phenoxy) is 1. The van der Waals surface area contributed by atoms with Gasteiger partial charge < -0.3 is 15.4 Å². The fourth-order valence-electron chi connectivity index (χ4n) is 2.40. The van der Waals surface area contributed by atoms with E-state index in [-0.39, 0.29) is 11.6 Å². The van der Waals surface area contributed by atoms with Gasteiger partial charge in [-0.1, -0.05) is 0 Å². The summed E-state index contributed by atoms with van der Waals surface area (Å²) in [5.74, 6) is -0.138. The van der Waals surface area contributed by atoms with Gasteiger partial charge in [0.2, 0.25) is 0 Å². The van der Waals surface area contributed by atoms with Gasteiger partial charge in [0.15, 0.2) is 0 Å². The molecular formula is C21H16N4O3. The van der Waals surface area contributed by atoms with Gasteiger partial charge in [0.05, 0.1) is 18.7 Å². The molecule has 138 valence electrons. The Bertz CT molecular complexity index is 1040. The maximum Gasteiger partial charge on any atom is 0.274 e. The Kier molecular flexibility index (Phi) is 5.63. The van der Waals surface area contributed by atoms with E-state index in [1.165, 1.54) is 18.3 Å². The summed E-state index contributed by atoms with van der Waals surface area (Å²) >= 11 is 0. The van der Waals surface area contributed by atoms with Crippen molar-refractivity contribution >= 4 is 23.2 Å². The van der Waals surface area contributed by atoms with Crippen molar-refractivity contribution in [3.8, 4) is 11.8 Å². The molecule has 0 fully saturated rings. The number of nitrogens with zero attached hydrogens (tertiary/aromatic N) is 2. The standard InChI is InChI=1S/C21H16N4O3/c1-28-18-8-6-17(7-9-18)25-21(27)19-12-15(10-11-23-19)20(26)24-16-4-2-14(13-22)3-5-16/h2-12H,1H3,(H,24,26)(H,25,27). The molecule has 2 N–H and O–H groups in total. The van der Waals surface area contributed by atoms with E-state index in [0.717, 1.165) is 0 Å². The van der Waals surface area contributed by atoms with Gasteiger partial charge in [-0.25, -0.2) is 0 Å². The first-order chi connectivity index (χ1) is 13.6. The van der Waals surface area contributed by atoms with E-state index in [1.807, 2.05) is 6.07 Å². The van der Waals surface area contributed by atoms with Crippen molar-refractivity contribution in [1.29, 1.82) is 5.26 Å². The fourth-order valence-corrected chi connectivity index (χ4v) is 2.40. The van der Waals surface area contributed by atoms with Gasteiger partial charge in [-0.3, -0.25) is 14.6 Å². The van der Waals surface area contributed by atoms with E-state index in [4.69, 9.17) is 10.00 Å². The van der Waals surface area contributed by atoms with Crippen molar-refractivity contribution in [2.45, 2.75) is 0 Å². The highest BCUT2D eigenvalue weighted by Gasteiger charge is 2.12. The molecule has 0 saturated carbocycles. The Labute approximate surface area is 161 Å². The van der Waals surface area contributed by atoms with Crippen LogP contribution in [0.1, 0.15) is 26.4 Å². The topological polar surface area (TPSA) is 104 Å². The molecule has 0 atom stereocenters. The quantitative estimate of drug-likeness (QED) is 0.714. The minimum Gasteiger partial charge on any atom is -0.497 e. The zero-order chi connectivity index (χ0) is 19.9. The number of aromatic nitrogens is 1. The van der Waals surface area contributed by atoms with Gasteiger partial charge in [-0.2, -0.15) is 5.26 Å². The number of nitrogens with one attached hydrogen (secondary N) is 2. The van der Waals surface area contributed by atoms with Crippen LogP contribution in [0, 0.1) is 11.3 Å². The largest absolute Gasteiger partial charge is 0.497 e. The lowest BCUT2D eigenvalue weighted by Gasteiger charge is -2.08. The van der Waals surface area contributed by atoms with Gasteiger partial charge in [0, 0.05) is 23.1 Å². The van der Waals surface area contributed by atoms with Gasteiger partial charge in [0.1, 0.15) is 11.4 Å². The van der Waals surface area contributed by atoms with Crippen LogP contribution >= 0.6 is 0 Å². The van der Waals surface area contributed by atoms with Crippen LogP contribution in [0.5, 0.6) is 5.75 Å². The summed E-state index contributed by atoms with van der Waals surface area (Å²) in [5.41, 5.74) is 2.03. The molecule has 0 bridgehead atoms. The Morgan fingerprint density at radius 3 is 2.14 bits per heavy atom. The third-order valence-electron chi connectivity index (χ3n) is 3.87. The summed E-state index contributed by atoms with van der Waals surface area (Å²) in [4.78, 5) is 28.9. The molecule has 0 radical (unpaired) electrons. The van der Waals surface area contributed by atoms with Crippen LogP contribution in [0.25, 0.3) is 0 Å². The molecule has 7 heteroatoms. The molecule has 2 amide bonds. The predicted octanol–water partition coefficient (Wildman–Crippen LogP) is 3.47. The lowest BCUT2D eigenvalue weighted by atomic mass is 10.2. The van der Waals surface area contributed by atoms with Crippen molar-refractivity contribution in [2.24, 2.45) is 0 Å². The smallest absolute Gasteiger partial charge is 0.274 e. The second-order valence-corrected chi connectivity index (χ2v) is 5.76. The van der Waals surface area contributed by atoms with Crippen molar-refractivity contribution in [2.75, 3.05) is 17.7 Å². The first-order valence-electron chi connectivity index (χ1n) is 8.32. The Balaban J connectivity index is 1.70. The normalized spacial score (nSPS) is 9.86. The number of carbonyl (C=O) groups is 2. The molecule has 1 aromatic heterocycles.